The maximum absolute atomic E-state index is 12.8. The first kappa shape index (κ1) is 18.7. The van der Waals surface area contributed by atoms with Gasteiger partial charge in [0, 0.05) is 17.5 Å². The lowest BCUT2D eigenvalue weighted by Crippen LogP contribution is -2.26. The fraction of sp³-hybridized carbons (Fsp3) is 0.273. The molecule has 5 nitrogen and oxygen atoms in total. The third-order valence-electron chi connectivity index (χ3n) is 5.22. The lowest BCUT2D eigenvalue weighted by Gasteiger charge is -2.24. The van der Waals surface area contributed by atoms with Crippen LogP contribution in [0.4, 0.5) is 0 Å². The second-order valence-electron chi connectivity index (χ2n) is 7.28. The Bertz CT molecular complexity index is 1170. The summed E-state index contributed by atoms with van der Waals surface area (Å²) in [6.07, 6.45) is 1.61. The summed E-state index contributed by atoms with van der Waals surface area (Å²) in [7, 11) is 2.05. The van der Waals surface area contributed by atoms with Gasteiger partial charge in [-0.25, -0.2) is 4.98 Å². The van der Waals surface area contributed by atoms with E-state index in [-0.39, 0.29) is 11.6 Å². The molecule has 4 rings (SSSR count). The smallest absolute Gasteiger partial charge is 0.260 e. The van der Waals surface area contributed by atoms with E-state index >= 15 is 0 Å². The molecule has 144 valence electrons. The summed E-state index contributed by atoms with van der Waals surface area (Å²) in [4.78, 5) is 23.5. The average molecular weight is 394 g/mol. The highest BCUT2D eigenvalue weighted by Crippen LogP contribution is 2.31. The monoisotopic (exact) mass is 393 g/mol. The van der Waals surface area contributed by atoms with Crippen molar-refractivity contribution in [3.05, 3.63) is 74.8 Å². The van der Waals surface area contributed by atoms with Gasteiger partial charge in [-0.3, -0.25) is 9.69 Å². The van der Waals surface area contributed by atoms with Crippen LogP contribution in [0.3, 0.4) is 0 Å². The molecule has 0 saturated carbocycles. The summed E-state index contributed by atoms with van der Waals surface area (Å²) in [5.74, 6) is 1.36. The molecule has 0 radical (unpaired) electrons. The van der Waals surface area contributed by atoms with Crippen molar-refractivity contribution in [2.45, 2.75) is 33.4 Å². The summed E-state index contributed by atoms with van der Waals surface area (Å²) >= 11 is 1.47. The third kappa shape index (κ3) is 3.41. The Morgan fingerprint density at radius 1 is 1.29 bits per heavy atom. The Morgan fingerprint density at radius 2 is 2.11 bits per heavy atom. The van der Waals surface area contributed by atoms with Gasteiger partial charge in [0.15, 0.2) is 0 Å². The summed E-state index contributed by atoms with van der Waals surface area (Å²) in [5.41, 5.74) is 4.48. The topological polar surface area (TPSA) is 62.1 Å². The molecule has 0 spiro atoms. The first-order valence-electron chi connectivity index (χ1n) is 9.25. The van der Waals surface area contributed by atoms with Gasteiger partial charge in [-0.1, -0.05) is 23.8 Å². The minimum Gasteiger partial charge on any atom is -0.464 e. The van der Waals surface area contributed by atoms with E-state index in [4.69, 9.17) is 9.40 Å². The van der Waals surface area contributed by atoms with E-state index in [9.17, 15) is 4.79 Å². The Balaban J connectivity index is 1.64. The van der Waals surface area contributed by atoms with Crippen LogP contribution in [-0.4, -0.2) is 21.9 Å². The highest BCUT2D eigenvalue weighted by atomic mass is 32.1. The zero-order chi connectivity index (χ0) is 19.8. The van der Waals surface area contributed by atoms with E-state index in [1.165, 1.54) is 28.0 Å². The zero-order valence-corrected chi connectivity index (χ0v) is 17.3. The largest absolute Gasteiger partial charge is 0.464 e. The molecule has 6 heteroatoms. The van der Waals surface area contributed by atoms with Crippen molar-refractivity contribution in [3.8, 4) is 11.3 Å². The van der Waals surface area contributed by atoms with Crippen LogP contribution >= 0.6 is 11.3 Å². The van der Waals surface area contributed by atoms with Crippen molar-refractivity contribution < 1.29 is 4.42 Å². The Kier molecular flexibility index (Phi) is 4.91. The number of nitrogens with one attached hydrogen (secondary N) is 1. The Morgan fingerprint density at radius 3 is 2.82 bits per heavy atom. The van der Waals surface area contributed by atoms with Gasteiger partial charge in [0.1, 0.15) is 16.4 Å². The minimum atomic E-state index is -0.126. The van der Waals surface area contributed by atoms with E-state index in [0.717, 1.165) is 16.9 Å². The van der Waals surface area contributed by atoms with Crippen LogP contribution in [0.25, 0.3) is 21.5 Å². The first-order chi connectivity index (χ1) is 13.4. The molecule has 0 aliphatic carbocycles. The van der Waals surface area contributed by atoms with Crippen molar-refractivity contribution in [3.63, 3.8) is 0 Å². The van der Waals surface area contributed by atoms with Crippen LogP contribution < -0.4 is 5.56 Å². The predicted molar refractivity (Wildman–Crippen MR) is 114 cm³/mol. The zero-order valence-electron chi connectivity index (χ0n) is 16.4. The van der Waals surface area contributed by atoms with E-state index < -0.39 is 0 Å². The molecule has 0 bridgehead atoms. The van der Waals surface area contributed by atoms with Gasteiger partial charge in [-0.2, -0.15) is 0 Å². The van der Waals surface area contributed by atoms with Crippen LogP contribution in [0.5, 0.6) is 0 Å². The number of fused-ring (bicyclic) bond motifs is 1. The van der Waals surface area contributed by atoms with Crippen molar-refractivity contribution >= 4 is 21.6 Å². The van der Waals surface area contributed by atoms with Gasteiger partial charge in [0.25, 0.3) is 5.56 Å². The molecule has 1 atom stereocenters. The van der Waals surface area contributed by atoms with Crippen molar-refractivity contribution in [2.24, 2.45) is 0 Å². The van der Waals surface area contributed by atoms with Crippen LogP contribution in [-0.2, 0) is 6.54 Å². The van der Waals surface area contributed by atoms with Crippen LogP contribution in [0.1, 0.15) is 35.5 Å². The number of aryl methyl sites for hydroxylation is 2. The second kappa shape index (κ2) is 7.37. The molecular weight excluding hydrogens is 370 g/mol. The molecule has 28 heavy (non-hydrogen) atoms. The van der Waals surface area contributed by atoms with Crippen LogP contribution in [0.15, 0.2) is 51.2 Å². The molecule has 0 aliphatic rings. The highest BCUT2D eigenvalue weighted by Gasteiger charge is 2.19. The predicted octanol–water partition coefficient (Wildman–Crippen LogP) is 5.05. The van der Waals surface area contributed by atoms with Gasteiger partial charge in [0.05, 0.1) is 17.7 Å². The normalized spacial score (nSPS) is 12.8. The molecule has 3 aromatic heterocycles. The number of benzene rings is 1. The summed E-state index contributed by atoms with van der Waals surface area (Å²) in [5, 5.41) is 2.52. The summed E-state index contributed by atoms with van der Waals surface area (Å²) in [6.45, 7) is 7.09. The quantitative estimate of drug-likeness (QED) is 0.515. The van der Waals surface area contributed by atoms with Gasteiger partial charge >= 0.3 is 0 Å². The number of thiophene rings is 1. The number of nitrogens with zero attached hydrogens (tertiary/aromatic N) is 2. The standard InChI is InChI=1S/C22H23N3O2S/c1-13-7-8-16(14(2)10-13)11-25(4)15(3)20-23-21(26)19-17(12-28-22(19)24-20)18-6-5-9-27-18/h5-10,12,15H,11H2,1-4H3,(H,23,24,26)/t15-/m0/s1. The lowest BCUT2D eigenvalue weighted by atomic mass is 10.0. The number of rotatable bonds is 5. The molecule has 0 fully saturated rings. The molecule has 0 aliphatic heterocycles. The summed E-state index contributed by atoms with van der Waals surface area (Å²) in [6, 6.07) is 10.2. The molecule has 1 aromatic carbocycles. The number of aromatic amines is 1. The van der Waals surface area contributed by atoms with Gasteiger partial charge in [-0.15, -0.1) is 11.3 Å². The highest BCUT2D eigenvalue weighted by molar-refractivity contribution is 7.17. The molecule has 4 aromatic rings. The van der Waals surface area contributed by atoms with Crippen molar-refractivity contribution in [1.29, 1.82) is 0 Å². The maximum atomic E-state index is 12.8. The molecule has 3 heterocycles. The molecule has 0 unspecified atom stereocenters. The molecular formula is C22H23N3O2S. The second-order valence-corrected chi connectivity index (χ2v) is 8.14. The van der Waals surface area contributed by atoms with Crippen LogP contribution in [0, 0.1) is 13.8 Å². The van der Waals surface area contributed by atoms with Gasteiger partial charge in [0.2, 0.25) is 0 Å². The number of hydrogen-bond donors (Lipinski definition) is 1. The number of H-pyrrole nitrogens is 1. The molecule has 1 N–H and O–H groups in total. The number of hydrogen-bond acceptors (Lipinski definition) is 5. The van der Waals surface area contributed by atoms with E-state index in [0.29, 0.717) is 17.0 Å². The SMILES string of the molecule is Cc1ccc(CN(C)[C@@H](C)c2nc3scc(-c4ccco4)c3c(=O)[nH]2)c(C)c1. The average Bonchev–Trinajstić information content (AvgIpc) is 3.32. The summed E-state index contributed by atoms with van der Waals surface area (Å²) < 4.78 is 5.46. The number of furan rings is 1. The lowest BCUT2D eigenvalue weighted by molar-refractivity contribution is 0.243. The first-order valence-corrected chi connectivity index (χ1v) is 10.1. The van der Waals surface area contributed by atoms with Crippen molar-refractivity contribution in [1.82, 2.24) is 14.9 Å². The fourth-order valence-corrected chi connectivity index (χ4v) is 4.35. The van der Waals surface area contributed by atoms with Gasteiger partial charge in [-0.05, 0) is 51.1 Å². The fourth-order valence-electron chi connectivity index (χ4n) is 3.41. The molecule has 0 saturated heterocycles. The van der Waals surface area contributed by atoms with Gasteiger partial charge < -0.3 is 9.40 Å². The van der Waals surface area contributed by atoms with Crippen LogP contribution in [0.2, 0.25) is 0 Å². The molecule has 0 amide bonds. The number of aromatic nitrogens is 2. The van der Waals surface area contributed by atoms with E-state index in [1.54, 1.807) is 6.26 Å². The van der Waals surface area contributed by atoms with E-state index in [1.807, 2.05) is 17.5 Å². The van der Waals surface area contributed by atoms with Crippen molar-refractivity contribution in [2.75, 3.05) is 7.05 Å². The third-order valence-corrected chi connectivity index (χ3v) is 6.10. The minimum absolute atomic E-state index is 0.0213. The Hall–Kier alpha value is -2.70. The maximum Gasteiger partial charge on any atom is 0.260 e. The van der Waals surface area contributed by atoms with E-state index in [2.05, 4.69) is 55.9 Å². The Labute approximate surface area is 167 Å².